The average molecular weight is 720 g/mol. The van der Waals surface area contributed by atoms with Crippen molar-refractivity contribution in [1.82, 2.24) is 19.9 Å². The summed E-state index contributed by atoms with van der Waals surface area (Å²) in [4.78, 5) is 44.1. The molecule has 3 heterocycles. The van der Waals surface area contributed by atoms with E-state index < -0.39 is 5.97 Å². The zero-order valence-electron chi connectivity index (χ0n) is 29.9. The summed E-state index contributed by atoms with van der Waals surface area (Å²) in [5.74, 6) is 2.82. The van der Waals surface area contributed by atoms with Crippen LogP contribution < -0.4 is 29.7 Å². The molecule has 0 unspecified atom stereocenters. The van der Waals surface area contributed by atoms with Crippen molar-refractivity contribution in [2.24, 2.45) is 0 Å². The van der Waals surface area contributed by atoms with Crippen LogP contribution in [0.3, 0.4) is 0 Å². The lowest BCUT2D eigenvalue weighted by Crippen LogP contribution is -2.33. The van der Waals surface area contributed by atoms with E-state index in [2.05, 4.69) is 20.5 Å². The number of aliphatic hydroxyl groups excluding tert-OH is 1. The minimum Gasteiger partial charge on any atom is -0.493 e. The van der Waals surface area contributed by atoms with Crippen molar-refractivity contribution < 1.29 is 33.6 Å². The smallest absolute Gasteiger partial charge is 0.350 e. The number of ether oxygens (including phenoxy) is 4. The SMILES string of the molecule is CCOC(=O)c1sc(Nc2nc(NCc3cc(OC)c(OC)c(OC)c3)c3c(n2)N(Cc2ccc(C(=O)N(CC)CCO)cc2)CCC3)nc1C. The number of nitrogens with zero attached hydrogens (tertiary/aromatic N) is 5. The van der Waals surface area contributed by atoms with Crippen LogP contribution in [-0.4, -0.2) is 91.0 Å². The van der Waals surface area contributed by atoms with Crippen molar-refractivity contribution >= 4 is 45.9 Å². The van der Waals surface area contributed by atoms with Gasteiger partial charge in [-0.05, 0) is 69.0 Å². The molecule has 0 spiro atoms. The third kappa shape index (κ3) is 8.60. The number of amides is 1. The number of hydrogen-bond acceptors (Lipinski definition) is 14. The quantitative estimate of drug-likeness (QED) is 0.130. The number of thiazole rings is 1. The molecule has 2 aromatic heterocycles. The molecule has 1 aliphatic rings. The van der Waals surface area contributed by atoms with Gasteiger partial charge in [-0.15, -0.1) is 0 Å². The van der Waals surface area contributed by atoms with E-state index in [-0.39, 0.29) is 19.1 Å². The molecular weight excluding hydrogens is 675 g/mol. The van der Waals surface area contributed by atoms with Gasteiger partial charge in [0.25, 0.3) is 5.91 Å². The van der Waals surface area contributed by atoms with Crippen LogP contribution in [0.15, 0.2) is 36.4 Å². The van der Waals surface area contributed by atoms with Crippen LogP contribution in [0.1, 0.15) is 62.7 Å². The molecule has 51 heavy (non-hydrogen) atoms. The molecule has 14 nitrogen and oxygen atoms in total. The number of carbonyl (C=O) groups excluding carboxylic acids is 2. The van der Waals surface area contributed by atoms with Crippen LogP contribution in [-0.2, 0) is 24.2 Å². The third-order valence-electron chi connectivity index (χ3n) is 8.41. The first kappa shape index (κ1) is 37.1. The number of anilines is 4. The fourth-order valence-electron chi connectivity index (χ4n) is 5.91. The number of aliphatic hydroxyl groups is 1. The Hall–Kier alpha value is -5.15. The van der Waals surface area contributed by atoms with Crippen LogP contribution >= 0.6 is 11.3 Å². The second kappa shape index (κ2) is 17.2. The van der Waals surface area contributed by atoms with Gasteiger partial charge in [0, 0.05) is 43.9 Å². The van der Waals surface area contributed by atoms with Gasteiger partial charge in [0.15, 0.2) is 16.6 Å². The summed E-state index contributed by atoms with van der Waals surface area (Å²) in [5.41, 5.74) is 4.00. The van der Waals surface area contributed by atoms with Gasteiger partial charge in [0.2, 0.25) is 11.7 Å². The van der Waals surface area contributed by atoms with Gasteiger partial charge >= 0.3 is 5.97 Å². The first-order valence-electron chi connectivity index (χ1n) is 16.8. The first-order chi connectivity index (χ1) is 24.7. The lowest BCUT2D eigenvalue weighted by molar-refractivity contribution is 0.0530. The molecule has 3 N–H and O–H groups in total. The second-order valence-electron chi connectivity index (χ2n) is 11.7. The maximum atomic E-state index is 12.9. The highest BCUT2D eigenvalue weighted by Gasteiger charge is 2.26. The first-order valence-corrected chi connectivity index (χ1v) is 17.6. The van der Waals surface area contributed by atoms with E-state index in [1.165, 1.54) is 11.3 Å². The van der Waals surface area contributed by atoms with Gasteiger partial charge in [0.1, 0.15) is 16.5 Å². The third-order valence-corrected chi connectivity index (χ3v) is 9.47. The molecule has 1 aliphatic heterocycles. The van der Waals surface area contributed by atoms with Crippen molar-refractivity contribution in [3.05, 3.63) is 69.2 Å². The molecule has 0 atom stereocenters. The zero-order valence-corrected chi connectivity index (χ0v) is 30.7. The molecule has 0 fully saturated rings. The summed E-state index contributed by atoms with van der Waals surface area (Å²) in [6.45, 7) is 8.14. The van der Waals surface area contributed by atoms with Crippen molar-refractivity contribution in [3.63, 3.8) is 0 Å². The zero-order chi connectivity index (χ0) is 36.5. The van der Waals surface area contributed by atoms with Crippen LogP contribution in [0.5, 0.6) is 17.2 Å². The average Bonchev–Trinajstić information content (AvgIpc) is 3.52. The second-order valence-corrected chi connectivity index (χ2v) is 12.7. The van der Waals surface area contributed by atoms with E-state index in [0.29, 0.717) is 76.5 Å². The minimum atomic E-state index is -0.422. The number of aromatic nitrogens is 3. The number of fused-ring (bicyclic) bond motifs is 1. The molecule has 0 bridgehead atoms. The summed E-state index contributed by atoms with van der Waals surface area (Å²) in [6.07, 6.45) is 1.65. The molecule has 2 aromatic carbocycles. The molecule has 1 amide bonds. The van der Waals surface area contributed by atoms with E-state index in [1.54, 1.807) is 40.1 Å². The molecule has 5 rings (SSSR count). The number of nitrogens with one attached hydrogen (secondary N) is 2. The number of benzene rings is 2. The highest BCUT2D eigenvalue weighted by Crippen LogP contribution is 2.39. The van der Waals surface area contributed by atoms with E-state index in [0.717, 1.165) is 41.9 Å². The highest BCUT2D eigenvalue weighted by molar-refractivity contribution is 7.17. The van der Waals surface area contributed by atoms with Gasteiger partial charge in [-0.25, -0.2) is 9.78 Å². The molecule has 0 aliphatic carbocycles. The fraction of sp³-hybridized carbons (Fsp3) is 0.417. The molecule has 0 radical (unpaired) electrons. The van der Waals surface area contributed by atoms with E-state index >= 15 is 0 Å². The molecule has 0 saturated carbocycles. The number of methoxy groups -OCH3 is 3. The molecular formula is C36H45N7O7S. The Labute approximate surface area is 301 Å². The Bertz CT molecular complexity index is 1810. The Morgan fingerprint density at radius 2 is 1.73 bits per heavy atom. The lowest BCUT2D eigenvalue weighted by Gasteiger charge is -2.31. The number of hydrogen-bond donors (Lipinski definition) is 3. The minimum absolute atomic E-state index is 0.0845. The summed E-state index contributed by atoms with van der Waals surface area (Å²) < 4.78 is 21.8. The Kier molecular flexibility index (Phi) is 12.5. The van der Waals surface area contributed by atoms with Gasteiger partial charge in [-0.1, -0.05) is 23.5 Å². The van der Waals surface area contributed by atoms with Crippen LogP contribution in [0.4, 0.5) is 22.7 Å². The fourth-order valence-corrected chi connectivity index (χ4v) is 6.76. The van der Waals surface area contributed by atoms with Crippen LogP contribution in [0.2, 0.25) is 0 Å². The van der Waals surface area contributed by atoms with Gasteiger partial charge in [0.05, 0.1) is 40.2 Å². The largest absolute Gasteiger partial charge is 0.493 e. The highest BCUT2D eigenvalue weighted by atomic mass is 32.1. The van der Waals surface area contributed by atoms with E-state index in [1.807, 2.05) is 43.3 Å². The number of carbonyl (C=O) groups is 2. The predicted molar refractivity (Wildman–Crippen MR) is 196 cm³/mol. The van der Waals surface area contributed by atoms with Gasteiger partial charge in [-0.3, -0.25) is 10.1 Å². The van der Waals surface area contributed by atoms with Gasteiger partial charge in [-0.2, -0.15) is 9.97 Å². The van der Waals surface area contributed by atoms with Crippen LogP contribution in [0, 0.1) is 6.92 Å². The standard InChI is InChI=1S/C36H45N7O7S/c1-7-42(16-17-44)33(45)25-13-11-23(12-14-25)21-43-15-9-10-26-31(37-20-24-18-27(47-4)29(49-6)28(19-24)48-5)39-35(40-32(26)43)41-36-38-22(3)30(51-36)34(46)50-8-2/h11-14,18-19,44H,7-10,15-17,20-21H2,1-6H3,(H2,37,38,39,40,41). The topological polar surface area (TPSA) is 160 Å². The summed E-state index contributed by atoms with van der Waals surface area (Å²) in [7, 11) is 4.73. The summed E-state index contributed by atoms with van der Waals surface area (Å²) >= 11 is 1.19. The molecule has 272 valence electrons. The van der Waals surface area contributed by atoms with Crippen molar-refractivity contribution in [3.8, 4) is 17.2 Å². The molecule has 0 saturated heterocycles. The Balaban J connectivity index is 1.47. The number of likely N-dealkylation sites (N-methyl/N-ethyl adjacent to an activating group) is 1. The van der Waals surface area contributed by atoms with Crippen LogP contribution in [0.25, 0.3) is 0 Å². The molecule has 15 heteroatoms. The van der Waals surface area contributed by atoms with Crippen molar-refractivity contribution in [2.45, 2.75) is 46.7 Å². The normalized spacial score (nSPS) is 12.2. The summed E-state index contributed by atoms with van der Waals surface area (Å²) in [5, 5.41) is 16.6. The van der Waals surface area contributed by atoms with Crippen molar-refractivity contribution in [2.75, 3.05) is 69.7 Å². The lowest BCUT2D eigenvalue weighted by atomic mass is 10.0. The predicted octanol–water partition coefficient (Wildman–Crippen LogP) is 5.21. The Morgan fingerprint density at radius 1 is 1.00 bits per heavy atom. The molecule has 4 aromatic rings. The number of aryl methyl sites for hydroxylation is 1. The van der Waals surface area contributed by atoms with Gasteiger partial charge < -0.3 is 39.2 Å². The number of rotatable bonds is 16. The van der Waals surface area contributed by atoms with Crippen molar-refractivity contribution in [1.29, 1.82) is 0 Å². The van der Waals surface area contributed by atoms with E-state index in [9.17, 15) is 14.7 Å². The Morgan fingerprint density at radius 3 is 2.35 bits per heavy atom. The van der Waals surface area contributed by atoms with E-state index in [4.69, 9.17) is 28.9 Å². The maximum Gasteiger partial charge on any atom is 0.350 e. The monoisotopic (exact) mass is 719 g/mol. The summed E-state index contributed by atoms with van der Waals surface area (Å²) in [6, 6.07) is 11.3. The number of esters is 1. The maximum absolute atomic E-state index is 12.9.